The predicted molar refractivity (Wildman–Crippen MR) is 64.2 cm³/mol. The van der Waals surface area contributed by atoms with Crippen molar-refractivity contribution in [3.63, 3.8) is 0 Å². The van der Waals surface area contributed by atoms with E-state index in [1.54, 1.807) is 6.07 Å². The van der Waals surface area contributed by atoms with Gasteiger partial charge in [0.05, 0.1) is 17.2 Å². The molecule has 17 heavy (non-hydrogen) atoms. The Morgan fingerprint density at radius 3 is 2.76 bits per heavy atom. The lowest BCUT2D eigenvalue weighted by Crippen LogP contribution is -2.14. The van der Waals surface area contributed by atoms with Crippen molar-refractivity contribution >= 4 is 29.5 Å². The van der Waals surface area contributed by atoms with E-state index in [0.29, 0.717) is 0 Å². The number of carbonyl (C=O) groups is 2. The molecule has 0 saturated carbocycles. The summed E-state index contributed by atoms with van der Waals surface area (Å²) in [5.41, 5.74) is 0.762. The molecule has 0 aliphatic carbocycles. The Balaban J connectivity index is 2.37. The van der Waals surface area contributed by atoms with Gasteiger partial charge in [-0.25, -0.2) is 0 Å². The molecule has 1 aromatic rings. The Kier molecular flexibility index (Phi) is 5.02. The normalized spacial score (nSPS) is 10.5. The van der Waals surface area contributed by atoms with Crippen LogP contribution in [0, 0.1) is 0 Å². The third-order valence-electron chi connectivity index (χ3n) is 1.84. The summed E-state index contributed by atoms with van der Waals surface area (Å²) in [6.07, 6.45) is 0. The first kappa shape index (κ1) is 13.6. The second-order valence-corrected chi connectivity index (χ2v) is 4.69. The number of amides is 1. The second-order valence-electron chi connectivity index (χ2n) is 3.71. The Hall–Kier alpha value is -1.50. The first-order valence-corrected chi connectivity index (χ1v) is 6.20. The van der Waals surface area contributed by atoms with Gasteiger partial charge in [0.25, 0.3) is 0 Å². The van der Waals surface area contributed by atoms with Crippen LogP contribution < -0.4 is 5.32 Å². The molecular weight excluding hydrogens is 244 g/mol. The molecule has 1 heterocycles. The van der Waals surface area contributed by atoms with Crippen LogP contribution in [0.25, 0.3) is 0 Å². The minimum atomic E-state index is -0.940. The highest BCUT2D eigenvalue weighted by atomic mass is 32.2. The van der Waals surface area contributed by atoms with Crippen LogP contribution in [0.2, 0.25) is 0 Å². The van der Waals surface area contributed by atoms with Gasteiger partial charge in [-0.1, -0.05) is 19.0 Å². The Morgan fingerprint density at radius 1 is 1.53 bits per heavy atom. The van der Waals surface area contributed by atoms with Crippen molar-refractivity contribution in [2.24, 2.45) is 0 Å². The molecule has 6 nitrogen and oxygen atoms in total. The fourth-order valence-corrected chi connectivity index (χ4v) is 1.56. The molecule has 1 aromatic heterocycles. The molecule has 0 spiro atoms. The van der Waals surface area contributed by atoms with Crippen molar-refractivity contribution < 1.29 is 19.2 Å². The molecule has 0 fully saturated rings. The van der Waals surface area contributed by atoms with Gasteiger partial charge >= 0.3 is 5.97 Å². The number of hydrogen-bond donors (Lipinski definition) is 2. The highest BCUT2D eigenvalue weighted by Gasteiger charge is 2.10. The number of thioether (sulfide) groups is 1. The Bertz CT molecular complexity index is 403. The summed E-state index contributed by atoms with van der Waals surface area (Å²) in [5, 5.41) is 14.7. The standard InChI is InChI=1S/C10H14N2O4S/c1-6(2)7-3-9(16-12-7)11-8(13)4-17-5-10(14)15/h3,6H,4-5H2,1-2H3,(H,11,13)(H,14,15). The van der Waals surface area contributed by atoms with Crippen molar-refractivity contribution in [3.8, 4) is 0 Å². The molecule has 0 atom stereocenters. The average molecular weight is 258 g/mol. The third kappa shape index (κ3) is 4.90. The fourth-order valence-electron chi connectivity index (χ4n) is 1.02. The van der Waals surface area contributed by atoms with Crippen LogP contribution in [-0.4, -0.2) is 33.6 Å². The smallest absolute Gasteiger partial charge is 0.313 e. The van der Waals surface area contributed by atoms with E-state index >= 15 is 0 Å². The summed E-state index contributed by atoms with van der Waals surface area (Å²) in [7, 11) is 0. The zero-order valence-corrected chi connectivity index (χ0v) is 10.4. The number of nitrogens with zero attached hydrogens (tertiary/aromatic N) is 1. The summed E-state index contributed by atoms with van der Waals surface area (Å²) >= 11 is 1.03. The third-order valence-corrected chi connectivity index (χ3v) is 2.76. The van der Waals surface area contributed by atoms with E-state index in [-0.39, 0.29) is 29.2 Å². The van der Waals surface area contributed by atoms with E-state index in [4.69, 9.17) is 9.63 Å². The number of carboxylic acids is 1. The van der Waals surface area contributed by atoms with Crippen molar-refractivity contribution in [2.75, 3.05) is 16.8 Å². The minimum absolute atomic E-state index is 0.0734. The zero-order chi connectivity index (χ0) is 12.8. The highest BCUT2D eigenvalue weighted by molar-refractivity contribution is 8.00. The van der Waals surface area contributed by atoms with Crippen LogP contribution in [0.1, 0.15) is 25.5 Å². The van der Waals surface area contributed by atoms with Gasteiger partial charge in [-0.3, -0.25) is 14.9 Å². The number of rotatable bonds is 6. The van der Waals surface area contributed by atoms with E-state index in [1.807, 2.05) is 13.8 Å². The quantitative estimate of drug-likeness (QED) is 0.804. The number of anilines is 1. The highest BCUT2D eigenvalue weighted by Crippen LogP contribution is 2.17. The molecule has 0 aliphatic rings. The monoisotopic (exact) mass is 258 g/mol. The molecule has 1 rings (SSSR count). The number of carbonyl (C=O) groups excluding carboxylic acids is 1. The van der Waals surface area contributed by atoms with Gasteiger partial charge in [0.2, 0.25) is 11.8 Å². The summed E-state index contributed by atoms with van der Waals surface area (Å²) in [6.45, 7) is 3.93. The fraction of sp³-hybridized carbons (Fsp3) is 0.500. The molecule has 0 radical (unpaired) electrons. The van der Waals surface area contributed by atoms with E-state index in [1.165, 1.54) is 0 Å². The van der Waals surface area contributed by atoms with Gasteiger partial charge < -0.3 is 9.63 Å². The molecule has 0 aromatic carbocycles. The molecule has 0 saturated heterocycles. The Labute approximate surface area is 103 Å². The van der Waals surface area contributed by atoms with Crippen LogP contribution in [0.15, 0.2) is 10.6 Å². The van der Waals surface area contributed by atoms with Gasteiger partial charge in [0.1, 0.15) is 0 Å². The molecule has 2 N–H and O–H groups in total. The van der Waals surface area contributed by atoms with Crippen molar-refractivity contribution in [3.05, 3.63) is 11.8 Å². The van der Waals surface area contributed by atoms with Crippen molar-refractivity contribution in [1.29, 1.82) is 0 Å². The molecular formula is C10H14N2O4S. The maximum absolute atomic E-state index is 11.4. The van der Waals surface area contributed by atoms with E-state index in [9.17, 15) is 9.59 Å². The summed E-state index contributed by atoms with van der Waals surface area (Å²) in [6, 6.07) is 1.66. The lowest BCUT2D eigenvalue weighted by molar-refractivity contribution is -0.133. The lowest BCUT2D eigenvalue weighted by Gasteiger charge is -1.99. The van der Waals surface area contributed by atoms with E-state index in [0.717, 1.165) is 17.5 Å². The lowest BCUT2D eigenvalue weighted by atomic mass is 10.1. The summed E-state index contributed by atoms with van der Waals surface area (Å²) in [5.74, 6) is -0.752. The van der Waals surface area contributed by atoms with Crippen LogP contribution >= 0.6 is 11.8 Å². The van der Waals surface area contributed by atoms with Crippen LogP contribution in [0.5, 0.6) is 0 Å². The maximum Gasteiger partial charge on any atom is 0.313 e. The number of nitrogens with one attached hydrogen (secondary N) is 1. The number of hydrogen-bond acceptors (Lipinski definition) is 5. The second kappa shape index (κ2) is 6.29. The van der Waals surface area contributed by atoms with Crippen molar-refractivity contribution in [1.82, 2.24) is 5.16 Å². The SMILES string of the molecule is CC(C)c1cc(NC(=O)CSCC(=O)O)on1. The molecule has 7 heteroatoms. The largest absolute Gasteiger partial charge is 0.481 e. The number of aromatic nitrogens is 1. The predicted octanol–water partition coefficient (Wildman–Crippen LogP) is 1.55. The molecule has 0 unspecified atom stereocenters. The molecule has 0 aliphatic heterocycles. The average Bonchev–Trinajstić information content (AvgIpc) is 2.65. The van der Waals surface area contributed by atoms with Gasteiger partial charge in [-0.15, -0.1) is 11.8 Å². The topological polar surface area (TPSA) is 92.4 Å². The van der Waals surface area contributed by atoms with Crippen LogP contribution in [-0.2, 0) is 9.59 Å². The first-order valence-electron chi connectivity index (χ1n) is 5.05. The molecule has 94 valence electrons. The van der Waals surface area contributed by atoms with Gasteiger partial charge in [-0.05, 0) is 5.92 Å². The minimum Gasteiger partial charge on any atom is -0.481 e. The molecule has 0 bridgehead atoms. The van der Waals surface area contributed by atoms with Gasteiger partial charge in [0.15, 0.2) is 0 Å². The first-order chi connectivity index (χ1) is 7.99. The van der Waals surface area contributed by atoms with E-state index < -0.39 is 5.97 Å². The summed E-state index contributed by atoms with van der Waals surface area (Å²) < 4.78 is 4.92. The Morgan fingerprint density at radius 2 is 2.24 bits per heavy atom. The van der Waals surface area contributed by atoms with Crippen molar-refractivity contribution in [2.45, 2.75) is 19.8 Å². The molecule has 1 amide bonds. The number of carboxylic acid groups (broad SMARTS) is 1. The maximum atomic E-state index is 11.4. The van der Waals surface area contributed by atoms with Crippen LogP contribution in [0.3, 0.4) is 0 Å². The van der Waals surface area contributed by atoms with Gasteiger partial charge in [0, 0.05) is 6.07 Å². The van der Waals surface area contributed by atoms with Crippen LogP contribution in [0.4, 0.5) is 5.88 Å². The summed E-state index contributed by atoms with van der Waals surface area (Å²) in [4.78, 5) is 21.6. The number of aliphatic carboxylic acids is 1. The van der Waals surface area contributed by atoms with E-state index in [2.05, 4.69) is 10.5 Å². The van der Waals surface area contributed by atoms with Gasteiger partial charge in [-0.2, -0.15) is 0 Å². The zero-order valence-electron chi connectivity index (χ0n) is 9.60.